The Morgan fingerprint density at radius 2 is 1.74 bits per heavy atom. The molecule has 3 aliphatic heterocycles. The maximum Gasteiger partial charge on any atom is 0.249 e. The molecule has 2 aromatic rings. The van der Waals surface area contributed by atoms with E-state index in [1.54, 1.807) is 14.2 Å². The minimum Gasteiger partial charge on any atom is -0.497 e. The van der Waals surface area contributed by atoms with Crippen LogP contribution in [-0.4, -0.2) is 95.3 Å². The van der Waals surface area contributed by atoms with Crippen LogP contribution in [0.1, 0.15) is 56.6 Å². The Hall–Kier alpha value is -2.85. The number of likely N-dealkylation sites (tertiary alicyclic amines) is 1. The summed E-state index contributed by atoms with van der Waals surface area (Å²) in [5.41, 5.74) is 3.33. The van der Waals surface area contributed by atoms with Gasteiger partial charge >= 0.3 is 0 Å². The minimum atomic E-state index is -0.209. The summed E-state index contributed by atoms with van der Waals surface area (Å²) in [6.45, 7) is 9.39. The molecule has 0 bridgehead atoms. The zero-order valence-electron chi connectivity index (χ0n) is 26.3. The van der Waals surface area contributed by atoms with Gasteiger partial charge in [0.2, 0.25) is 5.91 Å². The number of nitrogens with zero attached hydrogens (tertiary/aromatic N) is 2. The number of hydrogen-bond donors (Lipinski definition) is 1. The van der Waals surface area contributed by atoms with Crippen molar-refractivity contribution in [1.82, 2.24) is 10.2 Å². The maximum absolute atomic E-state index is 13.3. The molecule has 3 aliphatic rings. The molecule has 9 nitrogen and oxygen atoms in total. The van der Waals surface area contributed by atoms with E-state index < -0.39 is 0 Å². The van der Waals surface area contributed by atoms with Crippen molar-refractivity contribution in [3.63, 3.8) is 0 Å². The zero-order chi connectivity index (χ0) is 30.2. The molecule has 0 unspecified atom stereocenters. The van der Waals surface area contributed by atoms with Crippen LogP contribution in [0.5, 0.6) is 11.5 Å². The number of amides is 1. The molecule has 2 aromatic carbocycles. The number of carbonyl (C=O) groups is 1. The molecule has 0 aromatic heterocycles. The van der Waals surface area contributed by atoms with Crippen molar-refractivity contribution in [2.75, 3.05) is 65.1 Å². The highest BCUT2D eigenvalue weighted by molar-refractivity contribution is 5.78. The van der Waals surface area contributed by atoms with E-state index in [9.17, 15) is 4.79 Å². The summed E-state index contributed by atoms with van der Waals surface area (Å²) >= 11 is 0. The first kappa shape index (κ1) is 31.6. The Balaban J connectivity index is 1.29. The van der Waals surface area contributed by atoms with Crippen LogP contribution < -0.4 is 19.7 Å². The fourth-order valence-electron chi connectivity index (χ4n) is 6.85. The lowest BCUT2D eigenvalue weighted by Gasteiger charge is -2.41. The van der Waals surface area contributed by atoms with Crippen LogP contribution in [0.15, 0.2) is 42.5 Å². The van der Waals surface area contributed by atoms with Gasteiger partial charge in [0.05, 0.1) is 38.2 Å². The van der Waals surface area contributed by atoms with Crippen molar-refractivity contribution in [1.29, 1.82) is 0 Å². The average molecular weight is 596 g/mol. The van der Waals surface area contributed by atoms with Crippen molar-refractivity contribution in [2.24, 2.45) is 0 Å². The van der Waals surface area contributed by atoms with Gasteiger partial charge in [-0.05, 0) is 74.9 Å². The van der Waals surface area contributed by atoms with E-state index >= 15 is 0 Å². The van der Waals surface area contributed by atoms with E-state index in [4.69, 9.17) is 23.7 Å². The molecule has 2 saturated heterocycles. The molecular formula is C34H49N3O6. The zero-order valence-corrected chi connectivity index (χ0v) is 26.3. The first-order valence-corrected chi connectivity index (χ1v) is 15.9. The van der Waals surface area contributed by atoms with Crippen LogP contribution in [0.2, 0.25) is 0 Å². The number of benzene rings is 2. The summed E-state index contributed by atoms with van der Waals surface area (Å²) in [6.07, 6.45) is 3.88. The SMILES string of the molecule is COCCCN1CCOc2ccc(CO[C@H]3CNC[C@@H](OCC(=O)N4[C@H](C)CCC[C@@H]4C)[C@@H]3c3ccc(OC)cc3)cc21. The van der Waals surface area contributed by atoms with Gasteiger partial charge in [-0.2, -0.15) is 0 Å². The first-order valence-electron chi connectivity index (χ1n) is 15.9. The van der Waals surface area contributed by atoms with E-state index in [1.807, 2.05) is 17.0 Å². The van der Waals surface area contributed by atoms with Gasteiger partial charge in [-0.25, -0.2) is 0 Å². The van der Waals surface area contributed by atoms with Crippen LogP contribution in [-0.2, 0) is 25.6 Å². The fourth-order valence-corrected chi connectivity index (χ4v) is 6.85. The predicted octanol–water partition coefficient (Wildman–Crippen LogP) is 4.38. The third kappa shape index (κ3) is 7.81. The Morgan fingerprint density at radius 3 is 2.47 bits per heavy atom. The molecule has 5 atom stereocenters. The van der Waals surface area contributed by atoms with Gasteiger partial charge in [0, 0.05) is 51.4 Å². The quantitative estimate of drug-likeness (QED) is 0.362. The summed E-state index contributed by atoms with van der Waals surface area (Å²) < 4.78 is 29.7. The lowest BCUT2D eigenvalue weighted by molar-refractivity contribution is -0.147. The molecule has 0 spiro atoms. The number of methoxy groups -OCH3 is 2. The molecule has 3 heterocycles. The Kier molecular flexibility index (Phi) is 11.2. The van der Waals surface area contributed by atoms with E-state index in [0.717, 1.165) is 67.3 Å². The highest BCUT2D eigenvalue weighted by Gasteiger charge is 2.37. The van der Waals surface area contributed by atoms with Gasteiger partial charge in [-0.1, -0.05) is 18.2 Å². The largest absolute Gasteiger partial charge is 0.497 e. The van der Waals surface area contributed by atoms with Crippen LogP contribution in [0.4, 0.5) is 5.69 Å². The first-order chi connectivity index (χ1) is 21.0. The molecule has 5 rings (SSSR count). The summed E-state index contributed by atoms with van der Waals surface area (Å²) in [7, 11) is 3.42. The van der Waals surface area contributed by atoms with Crippen molar-refractivity contribution >= 4 is 11.6 Å². The van der Waals surface area contributed by atoms with Crippen LogP contribution in [0, 0.1) is 0 Å². The fraction of sp³-hybridized carbons (Fsp3) is 0.618. The monoisotopic (exact) mass is 595 g/mol. The number of carbonyl (C=O) groups excluding carboxylic acids is 1. The van der Waals surface area contributed by atoms with Crippen molar-refractivity contribution in [3.8, 4) is 11.5 Å². The summed E-state index contributed by atoms with van der Waals surface area (Å²) in [4.78, 5) is 17.7. The number of rotatable bonds is 12. The highest BCUT2D eigenvalue weighted by Crippen LogP contribution is 2.35. The lowest BCUT2D eigenvalue weighted by atomic mass is 9.85. The second-order valence-corrected chi connectivity index (χ2v) is 12.1. The molecular weight excluding hydrogens is 546 g/mol. The number of piperidine rings is 2. The van der Waals surface area contributed by atoms with Gasteiger partial charge in [-0.3, -0.25) is 4.79 Å². The van der Waals surface area contributed by atoms with Gasteiger partial charge < -0.3 is 38.8 Å². The molecule has 0 radical (unpaired) electrons. The lowest BCUT2D eigenvalue weighted by Crippen LogP contribution is -2.53. The molecule has 1 N–H and O–H groups in total. The van der Waals surface area contributed by atoms with Crippen LogP contribution in [0.25, 0.3) is 0 Å². The van der Waals surface area contributed by atoms with Gasteiger partial charge in [0.1, 0.15) is 24.7 Å². The second kappa shape index (κ2) is 15.2. The normalized spacial score (nSPS) is 25.6. The second-order valence-electron chi connectivity index (χ2n) is 12.1. The van der Waals surface area contributed by atoms with Crippen molar-refractivity contribution < 1.29 is 28.5 Å². The van der Waals surface area contributed by atoms with Gasteiger partial charge in [-0.15, -0.1) is 0 Å². The van der Waals surface area contributed by atoms with Crippen molar-refractivity contribution in [3.05, 3.63) is 53.6 Å². The van der Waals surface area contributed by atoms with Crippen LogP contribution in [0.3, 0.4) is 0 Å². The van der Waals surface area contributed by atoms with E-state index in [-0.39, 0.29) is 42.7 Å². The van der Waals surface area contributed by atoms with E-state index in [0.29, 0.717) is 26.3 Å². The van der Waals surface area contributed by atoms with Gasteiger partial charge in [0.25, 0.3) is 0 Å². The Bertz CT molecular complexity index is 1170. The molecule has 0 aliphatic carbocycles. The molecule has 236 valence electrons. The van der Waals surface area contributed by atoms with Crippen molar-refractivity contribution in [2.45, 2.75) is 76.3 Å². The number of anilines is 1. The summed E-state index contributed by atoms with van der Waals surface area (Å²) in [5.74, 6) is 1.76. The molecule has 2 fully saturated rings. The van der Waals surface area contributed by atoms with E-state index in [1.165, 1.54) is 6.42 Å². The standard InChI is InChI=1S/C34H49N3O6/c1-24-7-5-8-25(2)37(24)33(38)23-43-32-21-35-20-31(34(32)27-10-12-28(40-4)13-11-27)42-22-26-9-14-30-29(19-26)36(16-18-41-30)15-6-17-39-3/h9-14,19,24-25,31-32,34-35H,5-8,15-18,20-23H2,1-4H3/t24-,25+,31-,32+,34+/m0/s1. The maximum atomic E-state index is 13.3. The Labute approximate surface area is 256 Å². The van der Waals surface area contributed by atoms with E-state index in [2.05, 4.69) is 54.4 Å². The summed E-state index contributed by atoms with van der Waals surface area (Å²) in [6, 6.07) is 15.0. The summed E-state index contributed by atoms with van der Waals surface area (Å²) in [5, 5.41) is 3.51. The number of fused-ring (bicyclic) bond motifs is 1. The number of nitrogens with one attached hydrogen (secondary N) is 1. The number of ether oxygens (including phenoxy) is 5. The molecule has 0 saturated carbocycles. The molecule has 43 heavy (non-hydrogen) atoms. The molecule has 1 amide bonds. The number of hydrogen-bond acceptors (Lipinski definition) is 8. The average Bonchev–Trinajstić information content (AvgIpc) is 3.03. The van der Waals surface area contributed by atoms with Gasteiger partial charge in [0.15, 0.2) is 0 Å². The van der Waals surface area contributed by atoms with Crippen LogP contribution >= 0.6 is 0 Å². The third-order valence-corrected chi connectivity index (χ3v) is 9.12. The Morgan fingerprint density at radius 1 is 1.00 bits per heavy atom. The molecule has 9 heteroatoms. The predicted molar refractivity (Wildman–Crippen MR) is 167 cm³/mol. The third-order valence-electron chi connectivity index (χ3n) is 9.12. The smallest absolute Gasteiger partial charge is 0.249 e. The topological polar surface area (TPSA) is 81.7 Å². The highest BCUT2D eigenvalue weighted by atomic mass is 16.5. The minimum absolute atomic E-state index is 0.0392.